The Morgan fingerprint density at radius 3 is 2.73 bits per heavy atom. The highest BCUT2D eigenvalue weighted by Crippen LogP contribution is 2.41. The molecule has 0 N–H and O–H groups in total. The van der Waals surface area contributed by atoms with Gasteiger partial charge in [0.15, 0.2) is 0 Å². The van der Waals surface area contributed by atoms with Crippen LogP contribution < -0.4 is 0 Å². The zero-order valence-electron chi connectivity index (χ0n) is 15.2. The van der Waals surface area contributed by atoms with Crippen molar-refractivity contribution in [3.8, 4) is 0 Å². The Bertz CT molecular complexity index is 652. The molecule has 1 atom stereocenters. The number of rotatable bonds is 5. The van der Waals surface area contributed by atoms with Gasteiger partial charge in [-0.15, -0.1) is 0 Å². The average molecular weight is 362 g/mol. The van der Waals surface area contributed by atoms with E-state index in [4.69, 9.17) is 4.74 Å². The van der Waals surface area contributed by atoms with E-state index in [-0.39, 0.29) is 11.2 Å². The van der Waals surface area contributed by atoms with Crippen LogP contribution in [0.2, 0.25) is 0 Å². The minimum atomic E-state index is -0.265. The van der Waals surface area contributed by atoms with Crippen molar-refractivity contribution in [3.63, 3.8) is 0 Å². The van der Waals surface area contributed by atoms with Gasteiger partial charge in [0.1, 0.15) is 5.82 Å². The Morgan fingerprint density at radius 2 is 1.92 bits per heavy atom. The SMILES string of the molecule is O=C1N(CCN2CCOCC2)CCC12CCN(Cc1ccncc1F)C2. The van der Waals surface area contributed by atoms with E-state index in [9.17, 15) is 9.18 Å². The van der Waals surface area contributed by atoms with Gasteiger partial charge in [-0.25, -0.2) is 4.39 Å². The van der Waals surface area contributed by atoms with Gasteiger partial charge >= 0.3 is 0 Å². The van der Waals surface area contributed by atoms with E-state index in [1.54, 1.807) is 12.3 Å². The lowest BCUT2D eigenvalue weighted by molar-refractivity contribution is -0.135. The maximum atomic E-state index is 13.8. The molecular weight excluding hydrogens is 335 g/mol. The normalized spacial score (nSPS) is 27.7. The number of carbonyl (C=O) groups excluding carboxylic acids is 1. The fourth-order valence-electron chi connectivity index (χ4n) is 4.44. The first kappa shape index (κ1) is 17.8. The van der Waals surface area contributed by atoms with Crippen molar-refractivity contribution >= 4 is 5.91 Å². The summed E-state index contributed by atoms with van der Waals surface area (Å²) in [6.07, 6.45) is 4.68. The van der Waals surface area contributed by atoms with Gasteiger partial charge in [-0.3, -0.25) is 19.6 Å². The second-order valence-corrected chi connectivity index (χ2v) is 7.70. The fourth-order valence-corrected chi connectivity index (χ4v) is 4.44. The quantitative estimate of drug-likeness (QED) is 0.782. The third-order valence-corrected chi connectivity index (χ3v) is 6.07. The van der Waals surface area contributed by atoms with Crippen LogP contribution in [0.25, 0.3) is 0 Å². The van der Waals surface area contributed by atoms with E-state index < -0.39 is 0 Å². The first-order valence-electron chi connectivity index (χ1n) is 9.57. The minimum absolute atomic E-state index is 0.255. The summed E-state index contributed by atoms with van der Waals surface area (Å²) in [6.45, 7) is 8.22. The lowest BCUT2D eigenvalue weighted by atomic mass is 9.85. The van der Waals surface area contributed by atoms with Crippen molar-refractivity contribution < 1.29 is 13.9 Å². The third-order valence-electron chi connectivity index (χ3n) is 6.07. The molecule has 142 valence electrons. The highest BCUT2D eigenvalue weighted by Gasteiger charge is 2.50. The number of carbonyl (C=O) groups is 1. The van der Waals surface area contributed by atoms with Crippen LogP contribution in [-0.4, -0.2) is 84.6 Å². The third kappa shape index (κ3) is 3.61. The first-order chi connectivity index (χ1) is 12.7. The molecule has 3 aliphatic heterocycles. The Morgan fingerprint density at radius 1 is 1.12 bits per heavy atom. The molecule has 0 radical (unpaired) electrons. The number of nitrogens with zero attached hydrogens (tertiary/aromatic N) is 4. The molecule has 3 aliphatic rings. The van der Waals surface area contributed by atoms with Crippen molar-refractivity contribution in [2.75, 3.05) is 59.0 Å². The Kier molecular flexibility index (Phi) is 5.20. The number of hydrogen-bond acceptors (Lipinski definition) is 5. The summed E-state index contributed by atoms with van der Waals surface area (Å²) in [5, 5.41) is 0. The number of halogens is 1. The molecular formula is C19H27FN4O2. The zero-order valence-corrected chi connectivity index (χ0v) is 15.2. The molecule has 0 bridgehead atoms. The molecule has 0 aromatic carbocycles. The van der Waals surface area contributed by atoms with E-state index in [0.29, 0.717) is 18.0 Å². The van der Waals surface area contributed by atoms with Crippen LogP contribution in [-0.2, 0) is 16.1 Å². The monoisotopic (exact) mass is 362 g/mol. The predicted molar refractivity (Wildman–Crippen MR) is 95.0 cm³/mol. The van der Waals surface area contributed by atoms with Crippen LogP contribution in [0.1, 0.15) is 18.4 Å². The van der Waals surface area contributed by atoms with Gasteiger partial charge in [-0.1, -0.05) is 0 Å². The number of hydrogen-bond donors (Lipinski definition) is 0. The molecule has 1 unspecified atom stereocenters. The Hall–Kier alpha value is -1.57. The van der Waals surface area contributed by atoms with Gasteiger partial charge in [0.05, 0.1) is 24.8 Å². The Labute approximate surface area is 153 Å². The van der Waals surface area contributed by atoms with Gasteiger partial charge in [-0.05, 0) is 25.5 Å². The molecule has 1 aromatic heterocycles. The van der Waals surface area contributed by atoms with Crippen LogP contribution in [0.15, 0.2) is 18.5 Å². The number of amides is 1. The molecule has 1 spiro atoms. The van der Waals surface area contributed by atoms with Crippen molar-refractivity contribution in [3.05, 3.63) is 29.8 Å². The highest BCUT2D eigenvalue weighted by molar-refractivity contribution is 5.85. The van der Waals surface area contributed by atoms with Crippen molar-refractivity contribution in [1.29, 1.82) is 0 Å². The van der Waals surface area contributed by atoms with E-state index in [0.717, 1.165) is 71.9 Å². The summed E-state index contributed by atoms with van der Waals surface area (Å²) in [4.78, 5) is 23.5. The minimum Gasteiger partial charge on any atom is -0.379 e. The summed E-state index contributed by atoms with van der Waals surface area (Å²) in [7, 11) is 0. The lowest BCUT2D eigenvalue weighted by Gasteiger charge is -2.29. The second-order valence-electron chi connectivity index (χ2n) is 7.70. The van der Waals surface area contributed by atoms with E-state index >= 15 is 0 Å². The van der Waals surface area contributed by atoms with Gasteiger partial charge < -0.3 is 9.64 Å². The molecule has 6 nitrogen and oxygen atoms in total. The molecule has 26 heavy (non-hydrogen) atoms. The first-order valence-corrected chi connectivity index (χ1v) is 9.57. The van der Waals surface area contributed by atoms with E-state index in [2.05, 4.69) is 14.8 Å². The van der Waals surface area contributed by atoms with Crippen LogP contribution in [0.4, 0.5) is 4.39 Å². The average Bonchev–Trinajstić information content (AvgIpc) is 3.21. The highest BCUT2D eigenvalue weighted by atomic mass is 19.1. The maximum Gasteiger partial charge on any atom is 0.230 e. The van der Waals surface area contributed by atoms with Crippen LogP contribution in [0.5, 0.6) is 0 Å². The predicted octanol–water partition coefficient (Wildman–Crippen LogP) is 0.977. The largest absolute Gasteiger partial charge is 0.379 e. The fraction of sp³-hybridized carbons (Fsp3) is 0.684. The molecule has 7 heteroatoms. The number of morpholine rings is 1. The van der Waals surface area contributed by atoms with Gasteiger partial charge in [-0.2, -0.15) is 0 Å². The van der Waals surface area contributed by atoms with Crippen LogP contribution in [0, 0.1) is 11.2 Å². The summed E-state index contributed by atoms with van der Waals surface area (Å²) in [5.74, 6) is 0.0294. The molecule has 0 aliphatic carbocycles. The summed E-state index contributed by atoms with van der Waals surface area (Å²) >= 11 is 0. The molecule has 3 fully saturated rings. The Balaban J connectivity index is 1.32. The number of likely N-dealkylation sites (tertiary alicyclic amines) is 2. The van der Waals surface area contributed by atoms with Gasteiger partial charge in [0, 0.05) is 57.6 Å². The number of ether oxygens (including phenoxy) is 1. The summed E-state index contributed by atoms with van der Waals surface area (Å²) < 4.78 is 19.2. The van der Waals surface area contributed by atoms with Crippen molar-refractivity contribution in [1.82, 2.24) is 19.7 Å². The van der Waals surface area contributed by atoms with E-state index in [1.807, 2.05) is 4.90 Å². The van der Waals surface area contributed by atoms with Gasteiger partial charge in [0.2, 0.25) is 5.91 Å². The van der Waals surface area contributed by atoms with Crippen LogP contribution >= 0.6 is 0 Å². The summed E-state index contributed by atoms with van der Waals surface area (Å²) in [5.41, 5.74) is 0.404. The molecule has 3 saturated heterocycles. The van der Waals surface area contributed by atoms with Crippen LogP contribution in [0.3, 0.4) is 0 Å². The number of pyridine rings is 1. The molecule has 1 aromatic rings. The van der Waals surface area contributed by atoms with Crippen molar-refractivity contribution in [2.45, 2.75) is 19.4 Å². The standard InChI is InChI=1S/C19H27FN4O2/c20-17-13-21-4-1-16(17)14-23-5-2-19(15-23)3-6-24(18(19)25)8-7-22-9-11-26-12-10-22/h1,4,13H,2-3,5-12,14-15H2. The molecule has 1 amide bonds. The molecule has 0 saturated carbocycles. The lowest BCUT2D eigenvalue weighted by Crippen LogP contribution is -2.43. The smallest absolute Gasteiger partial charge is 0.230 e. The maximum absolute atomic E-state index is 13.8. The van der Waals surface area contributed by atoms with Gasteiger partial charge in [0.25, 0.3) is 0 Å². The van der Waals surface area contributed by atoms with E-state index in [1.165, 1.54) is 6.20 Å². The topological polar surface area (TPSA) is 48.9 Å². The molecule has 4 heterocycles. The summed E-state index contributed by atoms with van der Waals surface area (Å²) in [6, 6.07) is 1.73. The number of aromatic nitrogens is 1. The zero-order chi connectivity index (χ0) is 18.0. The second kappa shape index (κ2) is 7.58. The molecule has 4 rings (SSSR count). The van der Waals surface area contributed by atoms with Crippen molar-refractivity contribution in [2.24, 2.45) is 5.41 Å².